The van der Waals surface area contributed by atoms with Crippen molar-refractivity contribution in [3.63, 3.8) is 0 Å². The van der Waals surface area contributed by atoms with Crippen LogP contribution in [0.3, 0.4) is 0 Å². The third-order valence-corrected chi connectivity index (χ3v) is 26.5. The summed E-state index contributed by atoms with van der Waals surface area (Å²) in [6.45, 7) is 17.6. The third-order valence-electron chi connectivity index (χ3n) is 8.05. The van der Waals surface area contributed by atoms with Crippen LogP contribution in [0.4, 0.5) is 0 Å². The molecule has 0 aromatic heterocycles. The Bertz CT molecular complexity index is 1220. The fourth-order valence-corrected chi connectivity index (χ4v) is 22.4. The molecule has 304 valence electrons. The molecule has 0 atom stereocenters. The van der Waals surface area contributed by atoms with E-state index in [9.17, 15) is 0 Å². The van der Waals surface area contributed by atoms with Crippen molar-refractivity contribution in [2.75, 3.05) is 72.5 Å². The van der Waals surface area contributed by atoms with Gasteiger partial charge in [0.25, 0.3) is 0 Å². The second kappa shape index (κ2) is 24.5. The van der Waals surface area contributed by atoms with E-state index in [2.05, 4.69) is 44.3 Å². The maximum Gasteiger partial charge on any atom is 0.537 e. The summed E-state index contributed by atoms with van der Waals surface area (Å²) in [7, 11) is -7.86. The van der Waals surface area contributed by atoms with E-state index in [-0.39, 0.29) is 0 Å². The van der Waals surface area contributed by atoms with Crippen molar-refractivity contribution in [1.29, 1.82) is 0 Å². The molecule has 0 amide bonds. The SMILES string of the molecule is CCO[Si](CCCS)(OCC)OCC.CCO[Si](OCC)(OCC)c1ccc(C)cc1.CO[Si](OC)(OC)c1ccc([Si]23O[Si](CCCS)(O2)O3)cc1. The standard InChI is InChI=1S/C13H22O3Si.C12H20O6SSi3.C9H22O3SSi/c1-5-14-17(15-6-2,16-7-3)13-10-8-12(4)9-11-13;1-13-21(14-2,15-3)11-5-7-12(8-6-11)22-16-20(17-22,18-22)10-4-9-19;1-4-10-14(11-5-2,12-6-3)9-7-8-13/h8-11H,5-7H2,1-4H3;5-8,19H,4,9-10H2,1-3H3;13H,4-9H2,1-3H3. The van der Waals surface area contributed by atoms with Crippen LogP contribution in [0, 0.1) is 6.92 Å². The Morgan fingerprint density at radius 3 is 1.32 bits per heavy atom. The lowest BCUT2D eigenvalue weighted by molar-refractivity contribution is -0.0207. The van der Waals surface area contributed by atoms with Gasteiger partial charge in [0.05, 0.1) is 0 Å². The van der Waals surface area contributed by atoms with Gasteiger partial charge in [-0.3, -0.25) is 0 Å². The number of aryl methyl sites for hydroxylation is 1. The molecule has 53 heavy (non-hydrogen) atoms. The van der Waals surface area contributed by atoms with Crippen LogP contribution >= 0.6 is 25.3 Å². The smallest absolute Gasteiger partial charge is 0.374 e. The van der Waals surface area contributed by atoms with Gasteiger partial charge in [0.15, 0.2) is 0 Å². The lowest BCUT2D eigenvalue weighted by Gasteiger charge is -2.63. The van der Waals surface area contributed by atoms with Gasteiger partial charge in [0.2, 0.25) is 0 Å². The van der Waals surface area contributed by atoms with Crippen LogP contribution in [0.1, 0.15) is 59.9 Å². The van der Waals surface area contributed by atoms with Crippen LogP contribution in [0.15, 0.2) is 48.5 Å². The number of hydrogen-bond acceptors (Lipinski definition) is 14. The van der Waals surface area contributed by atoms with Crippen molar-refractivity contribution < 1.29 is 52.2 Å². The average Bonchev–Trinajstić information content (AvgIpc) is 3.13. The van der Waals surface area contributed by atoms with Gasteiger partial charge in [-0.2, -0.15) is 25.3 Å². The quantitative estimate of drug-likeness (QED) is 0.111. The average molecular weight is 869 g/mol. The van der Waals surface area contributed by atoms with Crippen molar-refractivity contribution in [3.8, 4) is 0 Å². The molecule has 0 N–H and O–H groups in total. The van der Waals surface area contributed by atoms with Gasteiger partial charge in [0.1, 0.15) is 0 Å². The zero-order valence-corrected chi connectivity index (χ0v) is 40.2. The Balaban J connectivity index is 0.000000284. The Morgan fingerprint density at radius 1 is 0.547 bits per heavy atom. The van der Waals surface area contributed by atoms with Gasteiger partial charge in [0, 0.05) is 88.6 Å². The molecule has 0 radical (unpaired) electrons. The summed E-state index contributed by atoms with van der Waals surface area (Å²) in [5, 5.41) is 2.91. The minimum Gasteiger partial charge on any atom is -0.374 e. The van der Waals surface area contributed by atoms with Crippen LogP contribution in [-0.2, 0) is 52.2 Å². The molecule has 12 nitrogen and oxygen atoms in total. The largest absolute Gasteiger partial charge is 0.537 e. The molecule has 3 fully saturated rings. The first-order chi connectivity index (χ1) is 25.5. The number of rotatable bonds is 24. The van der Waals surface area contributed by atoms with E-state index < -0.39 is 44.0 Å². The summed E-state index contributed by atoms with van der Waals surface area (Å²) >= 11 is 8.40. The zero-order chi connectivity index (χ0) is 39.4. The highest BCUT2D eigenvalue weighted by Gasteiger charge is 2.82. The Hall–Kier alpha value is -0.256. The molecule has 3 aliphatic heterocycles. The predicted octanol–water partition coefficient (Wildman–Crippen LogP) is 4.86. The molecule has 19 heteroatoms. The van der Waals surface area contributed by atoms with E-state index in [1.165, 1.54) is 5.56 Å². The first kappa shape index (κ1) is 48.9. The lowest BCUT2D eigenvalue weighted by atomic mass is 10.2. The van der Waals surface area contributed by atoms with Crippen molar-refractivity contribution >= 4 is 84.8 Å². The van der Waals surface area contributed by atoms with E-state index in [1.807, 2.05) is 77.9 Å². The van der Waals surface area contributed by atoms with E-state index in [0.717, 1.165) is 52.0 Å². The molecule has 0 spiro atoms. The summed E-state index contributed by atoms with van der Waals surface area (Å²) in [4.78, 5) is 0. The van der Waals surface area contributed by atoms with Crippen molar-refractivity contribution in [2.45, 2.75) is 73.4 Å². The summed E-state index contributed by atoms with van der Waals surface area (Å²) in [5.41, 5.74) is 1.22. The molecule has 2 bridgehead atoms. The molecule has 3 saturated heterocycles. The lowest BCUT2D eigenvalue weighted by Crippen LogP contribution is -2.92. The Labute approximate surface area is 335 Å². The normalized spacial score (nSPS) is 19.3. The molecular formula is C34H64O12S2Si5. The van der Waals surface area contributed by atoms with E-state index in [1.54, 1.807) is 21.3 Å². The van der Waals surface area contributed by atoms with Crippen LogP contribution in [0.25, 0.3) is 0 Å². The van der Waals surface area contributed by atoms with Crippen LogP contribution < -0.4 is 15.6 Å². The zero-order valence-electron chi connectivity index (χ0n) is 33.4. The molecule has 0 saturated carbocycles. The highest BCUT2D eigenvalue weighted by atomic mass is 32.1. The topological polar surface area (TPSA) is 111 Å². The molecular weight excluding hydrogens is 805 g/mol. The number of hydrogen-bond donors (Lipinski definition) is 2. The minimum absolute atomic E-state index is 0.597. The predicted molar refractivity (Wildman–Crippen MR) is 226 cm³/mol. The monoisotopic (exact) mass is 868 g/mol. The first-order valence-electron chi connectivity index (χ1n) is 18.5. The van der Waals surface area contributed by atoms with Crippen LogP contribution in [-0.4, -0.2) is 116 Å². The second-order valence-corrected chi connectivity index (χ2v) is 26.8. The first-order valence-corrected chi connectivity index (χ1v) is 28.8. The van der Waals surface area contributed by atoms with E-state index in [0.29, 0.717) is 39.6 Å². The Kier molecular flexibility index (Phi) is 22.6. The van der Waals surface area contributed by atoms with Gasteiger partial charge >= 0.3 is 44.0 Å². The molecule has 3 heterocycles. The highest BCUT2D eigenvalue weighted by Crippen LogP contribution is 2.49. The molecule has 5 rings (SSSR count). The fourth-order valence-electron chi connectivity index (χ4n) is 5.74. The van der Waals surface area contributed by atoms with Gasteiger partial charge in [-0.1, -0.05) is 54.1 Å². The number of thiol groups is 2. The number of benzene rings is 2. The van der Waals surface area contributed by atoms with Crippen molar-refractivity contribution in [2.24, 2.45) is 0 Å². The minimum atomic E-state index is -2.79. The van der Waals surface area contributed by atoms with Gasteiger partial charge in [-0.25, -0.2) is 0 Å². The second-order valence-electron chi connectivity index (χ2n) is 11.6. The summed E-state index contributed by atoms with van der Waals surface area (Å²) in [6, 6.07) is 17.7. The van der Waals surface area contributed by atoms with Gasteiger partial charge in [-0.05, 0) is 72.8 Å². The van der Waals surface area contributed by atoms with Gasteiger partial charge in [-0.15, -0.1) is 0 Å². The highest BCUT2D eigenvalue weighted by molar-refractivity contribution is 7.80. The molecule has 0 aliphatic carbocycles. The maximum absolute atomic E-state index is 6.01. The van der Waals surface area contributed by atoms with Gasteiger partial charge < -0.3 is 52.2 Å². The summed E-state index contributed by atoms with van der Waals surface area (Å²) in [6.07, 6.45) is 1.94. The van der Waals surface area contributed by atoms with E-state index in [4.69, 9.17) is 52.2 Å². The fraction of sp³-hybridized carbons (Fsp3) is 0.647. The summed E-state index contributed by atoms with van der Waals surface area (Å²) < 4.78 is 69.0. The van der Waals surface area contributed by atoms with Crippen molar-refractivity contribution in [1.82, 2.24) is 0 Å². The Morgan fingerprint density at radius 2 is 0.943 bits per heavy atom. The molecule has 3 aliphatic rings. The molecule has 2 aromatic rings. The van der Waals surface area contributed by atoms with Crippen molar-refractivity contribution in [3.05, 3.63) is 54.1 Å². The van der Waals surface area contributed by atoms with E-state index >= 15 is 0 Å². The summed E-state index contributed by atoms with van der Waals surface area (Å²) in [5.74, 6) is 1.67. The molecule has 2 aromatic carbocycles. The van der Waals surface area contributed by atoms with Crippen LogP contribution in [0.2, 0.25) is 12.1 Å². The molecule has 0 unspecified atom stereocenters. The van der Waals surface area contributed by atoms with Crippen LogP contribution in [0.5, 0.6) is 0 Å². The third kappa shape index (κ3) is 13.1. The maximum atomic E-state index is 6.01.